The van der Waals surface area contributed by atoms with Gasteiger partial charge < -0.3 is 25.2 Å². The Balaban J connectivity index is 0.893. The molecule has 3 aliphatic rings. The second kappa shape index (κ2) is 13.1. The monoisotopic (exact) mass is 704 g/mol. The van der Waals surface area contributed by atoms with Gasteiger partial charge in [0.25, 0.3) is 11.8 Å². The van der Waals surface area contributed by atoms with E-state index < -0.39 is 18.1 Å². The summed E-state index contributed by atoms with van der Waals surface area (Å²) in [4.78, 5) is 24.6. The summed E-state index contributed by atoms with van der Waals surface area (Å²) >= 11 is 2.80. The number of alkyl halides is 4. The molecule has 2 N–H and O–H groups in total. The van der Waals surface area contributed by atoms with Gasteiger partial charge in [-0.2, -0.15) is 0 Å². The minimum Gasteiger partial charge on any atom is -0.361 e. The highest BCUT2D eigenvalue weighted by atomic mass is 32.1. The summed E-state index contributed by atoms with van der Waals surface area (Å²) in [7, 11) is 1.58. The molecule has 48 heavy (non-hydrogen) atoms. The van der Waals surface area contributed by atoms with Gasteiger partial charge in [0.15, 0.2) is 0 Å². The number of amides is 1. The van der Waals surface area contributed by atoms with Gasteiger partial charge in [0, 0.05) is 31.1 Å². The number of halogens is 4. The fourth-order valence-electron chi connectivity index (χ4n) is 6.03. The number of pyridine rings is 2. The van der Waals surface area contributed by atoms with Gasteiger partial charge in [0.2, 0.25) is 16.2 Å². The number of carbonyl (C=O) groups excluding carboxylic acids is 1. The molecular weight excluding hydrogens is 673 g/mol. The smallest absolute Gasteiger partial charge is 0.282 e. The predicted molar refractivity (Wildman–Crippen MR) is 172 cm³/mol. The molecule has 0 spiro atoms. The van der Waals surface area contributed by atoms with Crippen molar-refractivity contribution < 1.29 is 27.1 Å². The van der Waals surface area contributed by atoms with Crippen LogP contribution < -0.4 is 20.4 Å². The summed E-state index contributed by atoms with van der Waals surface area (Å²) in [5, 5.41) is 26.1. The first kappa shape index (κ1) is 32.5. The molecule has 2 aliphatic heterocycles. The number of methoxy groups -OCH3 is 1. The molecular formula is C30H32F4N10O2S2. The van der Waals surface area contributed by atoms with E-state index in [0.29, 0.717) is 39.7 Å². The van der Waals surface area contributed by atoms with Crippen LogP contribution >= 0.6 is 22.7 Å². The maximum atomic E-state index is 13.3. The van der Waals surface area contributed by atoms with Crippen molar-refractivity contribution in [1.82, 2.24) is 30.4 Å². The van der Waals surface area contributed by atoms with E-state index >= 15 is 0 Å². The van der Waals surface area contributed by atoms with Crippen LogP contribution in [0.5, 0.6) is 0 Å². The zero-order valence-electron chi connectivity index (χ0n) is 25.8. The van der Waals surface area contributed by atoms with E-state index in [2.05, 4.69) is 41.0 Å². The summed E-state index contributed by atoms with van der Waals surface area (Å²) in [5.74, 6) is -4.37. The fraction of sp³-hybridized carbons (Fsp3) is 0.500. The van der Waals surface area contributed by atoms with Crippen LogP contribution in [0, 0.1) is 0 Å². The van der Waals surface area contributed by atoms with Gasteiger partial charge in [0.1, 0.15) is 27.9 Å². The Hall–Kier alpha value is -4.03. The van der Waals surface area contributed by atoms with Crippen molar-refractivity contribution in [1.29, 1.82) is 0 Å². The molecule has 2 saturated heterocycles. The predicted octanol–water partition coefficient (Wildman–Crippen LogP) is 4.95. The van der Waals surface area contributed by atoms with Crippen LogP contribution in [-0.4, -0.2) is 87.6 Å². The van der Waals surface area contributed by atoms with Crippen LogP contribution in [0.2, 0.25) is 0 Å². The normalized spacial score (nSPS) is 21.8. The number of rotatable bonds is 12. The van der Waals surface area contributed by atoms with Crippen LogP contribution in [0.4, 0.5) is 39.5 Å². The van der Waals surface area contributed by atoms with Gasteiger partial charge in [-0.25, -0.2) is 27.5 Å². The molecule has 3 fully saturated rings. The number of carbonyl (C=O) groups is 1. The van der Waals surface area contributed by atoms with Gasteiger partial charge in [0.05, 0.1) is 38.3 Å². The Kier molecular flexibility index (Phi) is 8.88. The largest absolute Gasteiger partial charge is 0.361 e. The highest BCUT2D eigenvalue weighted by Gasteiger charge is 2.45. The van der Waals surface area contributed by atoms with Gasteiger partial charge in [-0.3, -0.25) is 4.79 Å². The lowest BCUT2D eigenvalue weighted by molar-refractivity contribution is -0.115. The summed E-state index contributed by atoms with van der Waals surface area (Å²) in [6.45, 7) is -1.41. The minimum absolute atomic E-state index is 0.0150. The Labute approximate surface area is 281 Å². The molecule has 1 saturated carbocycles. The van der Waals surface area contributed by atoms with E-state index in [4.69, 9.17) is 4.74 Å². The number of aromatic nitrogens is 6. The third kappa shape index (κ3) is 7.49. The first-order valence-electron chi connectivity index (χ1n) is 15.4. The SMILES string of the molecule is COC(Cc1cccc(N2CC(F)(F)C2)n1)Nc1nnc([C@H]2CC[C@H](c3nnc(NC(=O)Cc4cccc(N5CC(F)(F)C5)n4)s3)C2)s1. The van der Waals surface area contributed by atoms with E-state index in [1.54, 1.807) is 42.3 Å². The standard InChI is InChI=1S/C30H32F4N10O2S2/c1-46-24(12-20-5-3-7-22(36-20)44-15-30(33,34)16-44)38-28-42-40-26(48-28)18-9-8-17(10-18)25-39-41-27(47-25)37-23(45)11-19-4-2-6-21(35-19)43-13-29(31,32)14-43/h2-7,17-18,24H,8-16H2,1H3,(H,38,42)(H,37,41,45)/t17-,18-,24?/m0/s1. The van der Waals surface area contributed by atoms with Gasteiger partial charge in [-0.05, 0) is 43.5 Å². The summed E-state index contributed by atoms with van der Waals surface area (Å²) in [6, 6.07) is 10.4. The third-order valence-corrected chi connectivity index (χ3v) is 10.5. The molecule has 1 amide bonds. The third-order valence-electron chi connectivity index (χ3n) is 8.48. The molecule has 0 aromatic carbocycles. The lowest BCUT2D eigenvalue weighted by Gasteiger charge is -2.39. The van der Waals surface area contributed by atoms with Gasteiger partial charge >= 0.3 is 0 Å². The molecule has 0 radical (unpaired) electrons. The van der Waals surface area contributed by atoms with E-state index in [-0.39, 0.29) is 50.3 Å². The molecule has 1 aliphatic carbocycles. The van der Waals surface area contributed by atoms with Crippen molar-refractivity contribution in [3.05, 3.63) is 57.8 Å². The summed E-state index contributed by atoms with van der Waals surface area (Å²) < 4.78 is 58.7. The zero-order chi connectivity index (χ0) is 33.5. The van der Waals surface area contributed by atoms with E-state index in [9.17, 15) is 22.4 Å². The number of ether oxygens (including phenoxy) is 1. The van der Waals surface area contributed by atoms with Crippen molar-refractivity contribution >= 4 is 50.5 Å². The summed E-state index contributed by atoms with van der Waals surface area (Å²) in [5.41, 5.74) is 1.19. The van der Waals surface area contributed by atoms with Crippen LogP contribution in [0.1, 0.15) is 52.5 Å². The van der Waals surface area contributed by atoms with Crippen molar-refractivity contribution in [2.24, 2.45) is 0 Å². The highest BCUT2D eigenvalue weighted by Crippen LogP contribution is 2.46. The van der Waals surface area contributed by atoms with Gasteiger partial charge in [-0.1, -0.05) is 34.8 Å². The number of nitrogens with zero attached hydrogens (tertiary/aromatic N) is 8. The second-order valence-corrected chi connectivity index (χ2v) is 14.3. The Morgan fingerprint density at radius 3 is 1.98 bits per heavy atom. The molecule has 3 atom stereocenters. The van der Waals surface area contributed by atoms with Gasteiger partial charge in [-0.15, -0.1) is 20.4 Å². The Morgan fingerprint density at radius 2 is 1.40 bits per heavy atom. The van der Waals surface area contributed by atoms with Crippen LogP contribution in [0.25, 0.3) is 0 Å². The highest BCUT2D eigenvalue weighted by molar-refractivity contribution is 7.15. The van der Waals surface area contributed by atoms with Crippen molar-refractivity contribution in [3.8, 4) is 0 Å². The van der Waals surface area contributed by atoms with Crippen molar-refractivity contribution in [3.63, 3.8) is 0 Å². The molecule has 1 unspecified atom stereocenters. The lowest BCUT2D eigenvalue weighted by Crippen LogP contribution is -2.56. The zero-order valence-corrected chi connectivity index (χ0v) is 27.4. The molecule has 0 bridgehead atoms. The summed E-state index contributed by atoms with van der Waals surface area (Å²) in [6.07, 6.45) is 2.58. The van der Waals surface area contributed by atoms with Crippen LogP contribution in [0.3, 0.4) is 0 Å². The number of hydrogen-bond donors (Lipinski definition) is 2. The maximum Gasteiger partial charge on any atom is 0.282 e. The lowest BCUT2D eigenvalue weighted by atomic mass is 10.1. The maximum absolute atomic E-state index is 13.3. The van der Waals surface area contributed by atoms with Crippen LogP contribution in [0.15, 0.2) is 36.4 Å². The average molecular weight is 705 g/mol. The molecule has 18 heteroatoms. The number of hydrogen-bond acceptors (Lipinski definition) is 13. The quantitative estimate of drug-likeness (QED) is 0.153. The molecule has 254 valence electrons. The Morgan fingerprint density at radius 1 is 0.854 bits per heavy atom. The second-order valence-electron chi connectivity index (χ2n) is 12.3. The van der Waals surface area contributed by atoms with Crippen molar-refractivity contribution in [2.75, 3.05) is 53.7 Å². The molecule has 6 heterocycles. The van der Waals surface area contributed by atoms with E-state index in [1.807, 2.05) is 6.07 Å². The molecule has 7 rings (SSSR count). The first-order valence-corrected chi connectivity index (χ1v) is 17.1. The number of anilines is 4. The van der Waals surface area contributed by atoms with Crippen LogP contribution in [-0.2, 0) is 22.4 Å². The average Bonchev–Trinajstić information content (AvgIpc) is 3.80. The van der Waals surface area contributed by atoms with E-state index in [1.165, 1.54) is 27.6 Å². The fourth-order valence-corrected chi connectivity index (χ4v) is 7.87. The molecule has 4 aromatic rings. The Bertz CT molecular complexity index is 1760. The van der Waals surface area contributed by atoms with Crippen molar-refractivity contribution in [2.45, 2.75) is 62.0 Å². The van der Waals surface area contributed by atoms with E-state index in [0.717, 1.165) is 29.3 Å². The molecule has 12 nitrogen and oxygen atoms in total. The first-order chi connectivity index (χ1) is 23.0. The molecule has 4 aromatic heterocycles. The number of nitrogens with one attached hydrogen (secondary N) is 2. The topological polar surface area (TPSA) is 134 Å². The minimum atomic E-state index is -2.70.